The number of piperidine rings is 2. The Bertz CT molecular complexity index is 511. The summed E-state index contributed by atoms with van der Waals surface area (Å²) in [6.07, 6.45) is 4.35. The van der Waals surface area contributed by atoms with Gasteiger partial charge >= 0.3 is 0 Å². The highest BCUT2D eigenvalue weighted by Gasteiger charge is 2.43. The molecule has 6 nitrogen and oxygen atoms in total. The molecule has 0 saturated carbocycles. The SMILES string of the molecule is CC1(C)CC(NC(=O)CCC(=O)NC2CC(C)(C)[NH2+]C(C)(C)C2)CC(C)(C)[NH2+]1. The Morgan fingerprint density at radius 1 is 0.643 bits per heavy atom. The van der Waals surface area contributed by atoms with Gasteiger partial charge in [0.2, 0.25) is 11.8 Å². The van der Waals surface area contributed by atoms with Gasteiger partial charge in [-0.25, -0.2) is 0 Å². The Hall–Kier alpha value is -1.14. The maximum absolute atomic E-state index is 12.4. The van der Waals surface area contributed by atoms with Crippen molar-refractivity contribution < 1.29 is 20.2 Å². The molecule has 6 heteroatoms. The highest BCUT2D eigenvalue weighted by molar-refractivity contribution is 5.84. The minimum atomic E-state index is -0.00807. The van der Waals surface area contributed by atoms with E-state index >= 15 is 0 Å². The van der Waals surface area contributed by atoms with Gasteiger partial charge in [-0.05, 0) is 55.4 Å². The van der Waals surface area contributed by atoms with Crippen LogP contribution in [0, 0.1) is 0 Å². The second-order valence-corrected chi connectivity index (χ2v) is 12.1. The molecule has 0 aromatic rings. The summed E-state index contributed by atoms with van der Waals surface area (Å²) >= 11 is 0. The normalized spacial score (nSPS) is 26.4. The van der Waals surface area contributed by atoms with E-state index in [0.717, 1.165) is 25.7 Å². The fraction of sp³-hybridized carbons (Fsp3) is 0.909. The van der Waals surface area contributed by atoms with Crippen molar-refractivity contribution >= 4 is 11.8 Å². The summed E-state index contributed by atoms with van der Waals surface area (Å²) in [5.74, 6) is -0.0161. The zero-order valence-corrected chi connectivity index (χ0v) is 19.4. The largest absolute Gasteiger partial charge is 0.353 e. The van der Waals surface area contributed by atoms with Crippen LogP contribution < -0.4 is 21.3 Å². The van der Waals surface area contributed by atoms with Crippen LogP contribution in [0.15, 0.2) is 0 Å². The van der Waals surface area contributed by atoms with E-state index in [1.165, 1.54) is 0 Å². The molecule has 0 bridgehead atoms. The molecule has 0 aromatic carbocycles. The number of carbonyl (C=O) groups excluding carboxylic acids is 2. The first kappa shape index (κ1) is 23.1. The average molecular weight is 397 g/mol. The topological polar surface area (TPSA) is 91.4 Å². The highest BCUT2D eigenvalue weighted by atomic mass is 16.2. The van der Waals surface area contributed by atoms with Gasteiger partial charge in [0.15, 0.2) is 0 Å². The number of rotatable bonds is 5. The lowest BCUT2D eigenvalue weighted by Gasteiger charge is -2.43. The molecule has 0 spiro atoms. The van der Waals surface area contributed by atoms with Crippen LogP contribution in [-0.4, -0.2) is 46.1 Å². The Morgan fingerprint density at radius 3 is 1.14 bits per heavy atom. The van der Waals surface area contributed by atoms with Crippen molar-refractivity contribution in [3.63, 3.8) is 0 Å². The van der Waals surface area contributed by atoms with Crippen LogP contribution in [0.4, 0.5) is 0 Å². The van der Waals surface area contributed by atoms with Gasteiger partial charge in [0.05, 0.1) is 22.2 Å². The van der Waals surface area contributed by atoms with E-state index in [9.17, 15) is 9.59 Å². The van der Waals surface area contributed by atoms with Crippen molar-refractivity contribution in [1.82, 2.24) is 10.6 Å². The van der Waals surface area contributed by atoms with E-state index in [0.29, 0.717) is 0 Å². The fourth-order valence-corrected chi connectivity index (χ4v) is 6.07. The molecule has 6 N–H and O–H groups in total. The van der Waals surface area contributed by atoms with E-state index in [2.05, 4.69) is 76.7 Å². The third kappa shape index (κ3) is 7.36. The van der Waals surface area contributed by atoms with Gasteiger partial charge in [0.25, 0.3) is 0 Å². The second kappa shape index (κ2) is 7.94. The minimum Gasteiger partial charge on any atom is -0.353 e. The molecule has 2 rings (SSSR count). The summed E-state index contributed by atoms with van der Waals surface area (Å²) in [7, 11) is 0. The molecular formula is C22H44N4O2+2. The lowest BCUT2D eigenvalue weighted by molar-refractivity contribution is -0.788. The van der Waals surface area contributed by atoms with E-state index in [-0.39, 0.29) is 58.9 Å². The first-order valence-corrected chi connectivity index (χ1v) is 10.9. The first-order valence-electron chi connectivity index (χ1n) is 10.9. The second-order valence-electron chi connectivity index (χ2n) is 12.1. The van der Waals surface area contributed by atoms with Gasteiger partial charge in [-0.15, -0.1) is 0 Å². The molecule has 2 aliphatic rings. The molecule has 0 radical (unpaired) electrons. The number of carbonyl (C=O) groups is 2. The Morgan fingerprint density at radius 2 is 0.893 bits per heavy atom. The van der Waals surface area contributed by atoms with Crippen LogP contribution in [-0.2, 0) is 9.59 Å². The van der Waals surface area contributed by atoms with E-state index in [1.54, 1.807) is 0 Å². The van der Waals surface area contributed by atoms with Gasteiger partial charge in [-0.3, -0.25) is 9.59 Å². The number of hydrogen-bond acceptors (Lipinski definition) is 2. The predicted octanol–water partition coefficient (Wildman–Crippen LogP) is 0.565. The summed E-state index contributed by atoms with van der Waals surface area (Å²) in [5, 5.41) is 11.1. The average Bonchev–Trinajstić information content (AvgIpc) is 2.37. The molecule has 2 heterocycles. The maximum Gasteiger partial charge on any atom is 0.220 e. The maximum atomic E-state index is 12.4. The van der Waals surface area contributed by atoms with E-state index in [1.807, 2.05) is 0 Å². The number of amides is 2. The lowest BCUT2D eigenvalue weighted by Crippen LogP contribution is -3.06. The van der Waals surface area contributed by atoms with Crippen LogP contribution in [0.3, 0.4) is 0 Å². The Balaban J connectivity index is 1.79. The van der Waals surface area contributed by atoms with Crippen LogP contribution in [0.2, 0.25) is 0 Å². The van der Waals surface area contributed by atoms with E-state index < -0.39 is 0 Å². The first-order chi connectivity index (χ1) is 12.6. The van der Waals surface area contributed by atoms with Crippen LogP contribution in [0.25, 0.3) is 0 Å². The number of hydrogen-bond donors (Lipinski definition) is 4. The van der Waals surface area contributed by atoms with Gasteiger partial charge in [-0.2, -0.15) is 0 Å². The predicted molar refractivity (Wildman–Crippen MR) is 112 cm³/mol. The molecule has 28 heavy (non-hydrogen) atoms. The summed E-state index contributed by atoms with van der Waals surface area (Å²) in [4.78, 5) is 24.9. The highest BCUT2D eigenvalue weighted by Crippen LogP contribution is 2.23. The standard InChI is InChI=1S/C22H42N4O2/c1-19(2)11-15(12-20(3,4)25-19)23-17(27)9-10-18(28)24-16-13-21(5,6)26-22(7,8)14-16/h15-16,25-26H,9-14H2,1-8H3,(H,23,27)(H,24,28)/p+2. The zero-order chi connectivity index (χ0) is 21.4. The van der Waals surface area contributed by atoms with Gasteiger partial charge in [0, 0.05) is 50.6 Å². The number of quaternary nitrogens is 2. The van der Waals surface area contributed by atoms with Crippen molar-refractivity contribution in [3.05, 3.63) is 0 Å². The molecule has 0 aliphatic carbocycles. The quantitative estimate of drug-likeness (QED) is 0.547. The summed E-state index contributed by atoms with van der Waals surface area (Å²) in [5.41, 5.74) is 0.479. The minimum absolute atomic E-state index is 0.00807. The molecule has 0 unspecified atom stereocenters. The zero-order valence-electron chi connectivity index (χ0n) is 19.4. The third-order valence-electron chi connectivity index (χ3n) is 5.96. The molecule has 0 atom stereocenters. The van der Waals surface area contributed by atoms with Crippen molar-refractivity contribution in [1.29, 1.82) is 0 Å². The number of nitrogens with one attached hydrogen (secondary N) is 2. The summed E-state index contributed by atoms with van der Waals surface area (Å²) in [6.45, 7) is 17.8. The Kier molecular flexibility index (Phi) is 6.56. The molecular weight excluding hydrogens is 352 g/mol. The summed E-state index contributed by atoms with van der Waals surface area (Å²) < 4.78 is 0. The monoisotopic (exact) mass is 396 g/mol. The number of nitrogens with two attached hydrogens (primary N) is 2. The third-order valence-corrected chi connectivity index (χ3v) is 5.96. The molecule has 2 aliphatic heterocycles. The molecule has 2 saturated heterocycles. The van der Waals surface area contributed by atoms with Crippen molar-refractivity contribution in [2.24, 2.45) is 0 Å². The smallest absolute Gasteiger partial charge is 0.220 e. The fourth-order valence-electron chi connectivity index (χ4n) is 6.07. The summed E-state index contributed by atoms with van der Waals surface area (Å²) in [6, 6.07) is 0.363. The molecule has 2 amide bonds. The van der Waals surface area contributed by atoms with E-state index in [4.69, 9.17) is 0 Å². The van der Waals surface area contributed by atoms with Gasteiger partial charge in [-0.1, -0.05) is 0 Å². The van der Waals surface area contributed by atoms with Crippen LogP contribution in [0.1, 0.15) is 93.9 Å². The van der Waals surface area contributed by atoms with Crippen molar-refractivity contribution in [2.45, 2.75) is 128 Å². The molecule has 0 aromatic heterocycles. The molecule has 2 fully saturated rings. The molecule has 162 valence electrons. The van der Waals surface area contributed by atoms with Crippen LogP contribution >= 0.6 is 0 Å². The lowest BCUT2D eigenvalue weighted by atomic mass is 9.79. The van der Waals surface area contributed by atoms with Gasteiger partial charge in [0.1, 0.15) is 0 Å². The Labute approximate surface area is 171 Å². The van der Waals surface area contributed by atoms with Crippen molar-refractivity contribution in [2.75, 3.05) is 0 Å². The van der Waals surface area contributed by atoms with Crippen LogP contribution in [0.5, 0.6) is 0 Å². The van der Waals surface area contributed by atoms with Gasteiger partial charge < -0.3 is 21.3 Å². The van der Waals surface area contributed by atoms with Crippen molar-refractivity contribution in [3.8, 4) is 0 Å².